The first kappa shape index (κ1) is 16.5. The normalized spacial score (nSPS) is 12.8. The molecule has 0 radical (unpaired) electrons. The van der Waals surface area contributed by atoms with Crippen LogP contribution in [0.3, 0.4) is 0 Å². The van der Waals surface area contributed by atoms with E-state index in [0.29, 0.717) is 21.7 Å². The SMILES string of the molecule is O=C(Nc1cccc([N+](=O)[O-])c1)c1c2c(nc3ccc(Cl)cc13)CCC2. The average molecular weight is 368 g/mol. The van der Waals surface area contributed by atoms with Gasteiger partial charge in [-0.1, -0.05) is 17.7 Å². The lowest BCUT2D eigenvalue weighted by Crippen LogP contribution is -2.16. The van der Waals surface area contributed by atoms with E-state index >= 15 is 0 Å². The molecule has 6 nitrogen and oxygen atoms in total. The molecule has 0 aliphatic heterocycles. The molecule has 0 spiro atoms. The number of nitro benzene ring substituents is 1. The van der Waals surface area contributed by atoms with E-state index in [0.717, 1.165) is 36.0 Å². The van der Waals surface area contributed by atoms with Crippen molar-refractivity contribution in [2.45, 2.75) is 19.3 Å². The smallest absolute Gasteiger partial charge is 0.271 e. The minimum Gasteiger partial charge on any atom is -0.322 e. The molecule has 1 aliphatic carbocycles. The van der Waals surface area contributed by atoms with E-state index in [-0.39, 0.29) is 11.6 Å². The summed E-state index contributed by atoms with van der Waals surface area (Å²) in [6, 6.07) is 11.2. The number of aryl methyl sites for hydroxylation is 1. The molecule has 0 bridgehead atoms. The second-order valence-corrected chi connectivity index (χ2v) is 6.63. The van der Waals surface area contributed by atoms with E-state index in [4.69, 9.17) is 11.6 Å². The fourth-order valence-electron chi connectivity index (χ4n) is 3.38. The molecule has 0 saturated carbocycles. The second-order valence-electron chi connectivity index (χ2n) is 6.19. The molecule has 1 amide bonds. The third-order valence-corrected chi connectivity index (χ3v) is 4.75. The van der Waals surface area contributed by atoms with Gasteiger partial charge in [-0.15, -0.1) is 0 Å². The van der Waals surface area contributed by atoms with Gasteiger partial charge in [-0.25, -0.2) is 0 Å². The van der Waals surface area contributed by atoms with Crippen LogP contribution in [0.25, 0.3) is 10.9 Å². The number of nitrogens with one attached hydrogen (secondary N) is 1. The van der Waals surface area contributed by atoms with Crippen LogP contribution in [0.5, 0.6) is 0 Å². The van der Waals surface area contributed by atoms with Crippen molar-refractivity contribution in [3.8, 4) is 0 Å². The Bertz CT molecular complexity index is 1070. The van der Waals surface area contributed by atoms with Crippen molar-refractivity contribution in [3.05, 3.63) is 74.4 Å². The first-order chi connectivity index (χ1) is 12.5. The van der Waals surface area contributed by atoms with Crippen LogP contribution in [0.4, 0.5) is 11.4 Å². The van der Waals surface area contributed by atoms with E-state index in [2.05, 4.69) is 10.3 Å². The van der Waals surface area contributed by atoms with E-state index < -0.39 is 4.92 Å². The van der Waals surface area contributed by atoms with Gasteiger partial charge in [-0.05, 0) is 49.1 Å². The number of non-ortho nitro benzene ring substituents is 1. The van der Waals surface area contributed by atoms with Crippen molar-refractivity contribution in [1.29, 1.82) is 0 Å². The summed E-state index contributed by atoms with van der Waals surface area (Å²) >= 11 is 6.13. The first-order valence-electron chi connectivity index (χ1n) is 8.20. The number of halogens is 1. The van der Waals surface area contributed by atoms with Gasteiger partial charge >= 0.3 is 0 Å². The number of amides is 1. The number of anilines is 1. The molecule has 1 N–H and O–H groups in total. The molecule has 7 heteroatoms. The number of carbonyl (C=O) groups is 1. The number of benzene rings is 2. The Morgan fingerprint density at radius 2 is 2.04 bits per heavy atom. The van der Waals surface area contributed by atoms with Crippen LogP contribution in [0, 0.1) is 10.1 Å². The van der Waals surface area contributed by atoms with Gasteiger partial charge in [0.15, 0.2) is 0 Å². The number of pyridine rings is 1. The number of nitro groups is 1. The minimum atomic E-state index is -0.491. The Morgan fingerprint density at radius 3 is 2.85 bits per heavy atom. The number of rotatable bonds is 3. The van der Waals surface area contributed by atoms with Crippen LogP contribution < -0.4 is 5.32 Å². The van der Waals surface area contributed by atoms with Crippen molar-refractivity contribution in [1.82, 2.24) is 4.98 Å². The summed E-state index contributed by atoms with van der Waals surface area (Å²) < 4.78 is 0. The molecule has 1 heterocycles. The summed E-state index contributed by atoms with van der Waals surface area (Å²) in [4.78, 5) is 28.1. The number of hydrogen-bond donors (Lipinski definition) is 1. The highest BCUT2D eigenvalue weighted by Crippen LogP contribution is 2.32. The number of fused-ring (bicyclic) bond motifs is 2. The third-order valence-electron chi connectivity index (χ3n) is 4.52. The van der Waals surface area contributed by atoms with Crippen molar-refractivity contribution >= 4 is 39.8 Å². The Labute approximate surface area is 154 Å². The molecule has 0 saturated heterocycles. The fraction of sp³-hybridized carbons (Fsp3) is 0.158. The molecule has 0 unspecified atom stereocenters. The van der Waals surface area contributed by atoms with Gasteiger partial charge in [0, 0.05) is 33.9 Å². The molecule has 4 rings (SSSR count). The van der Waals surface area contributed by atoms with Crippen molar-refractivity contribution in [2.75, 3.05) is 5.32 Å². The average Bonchev–Trinajstić information content (AvgIpc) is 3.07. The molecular formula is C19H14ClN3O3. The van der Waals surface area contributed by atoms with Gasteiger partial charge < -0.3 is 5.32 Å². The van der Waals surface area contributed by atoms with Crippen LogP contribution in [0.2, 0.25) is 5.02 Å². The van der Waals surface area contributed by atoms with E-state index in [1.54, 1.807) is 30.3 Å². The highest BCUT2D eigenvalue weighted by molar-refractivity contribution is 6.31. The predicted octanol–water partition coefficient (Wildman–Crippen LogP) is 4.54. The number of carbonyl (C=O) groups excluding carboxylic acids is 1. The highest BCUT2D eigenvalue weighted by Gasteiger charge is 2.24. The lowest BCUT2D eigenvalue weighted by Gasteiger charge is -2.13. The Kier molecular flexibility index (Phi) is 4.05. The predicted molar refractivity (Wildman–Crippen MR) is 99.8 cm³/mol. The van der Waals surface area contributed by atoms with E-state index in [1.807, 2.05) is 0 Å². The van der Waals surface area contributed by atoms with Gasteiger partial charge in [0.05, 0.1) is 16.0 Å². The maximum absolute atomic E-state index is 13.0. The van der Waals surface area contributed by atoms with Crippen molar-refractivity contribution in [3.63, 3.8) is 0 Å². The Morgan fingerprint density at radius 1 is 1.19 bits per heavy atom. The van der Waals surface area contributed by atoms with Crippen molar-refractivity contribution in [2.24, 2.45) is 0 Å². The quantitative estimate of drug-likeness (QED) is 0.544. The van der Waals surface area contributed by atoms with Crippen molar-refractivity contribution < 1.29 is 9.72 Å². The first-order valence-corrected chi connectivity index (χ1v) is 8.57. The zero-order valence-corrected chi connectivity index (χ0v) is 14.4. The summed E-state index contributed by atoms with van der Waals surface area (Å²) in [6.45, 7) is 0. The van der Waals surface area contributed by atoms with Crippen LogP contribution in [-0.4, -0.2) is 15.8 Å². The molecule has 130 valence electrons. The zero-order chi connectivity index (χ0) is 18.3. The highest BCUT2D eigenvalue weighted by atomic mass is 35.5. The van der Waals surface area contributed by atoms with Crippen LogP contribution in [0.1, 0.15) is 28.0 Å². The topological polar surface area (TPSA) is 85.1 Å². The molecule has 26 heavy (non-hydrogen) atoms. The zero-order valence-electron chi connectivity index (χ0n) is 13.7. The van der Waals surface area contributed by atoms with Gasteiger partial charge in [-0.2, -0.15) is 0 Å². The summed E-state index contributed by atoms with van der Waals surface area (Å²) in [5, 5.41) is 14.9. The molecule has 2 aromatic carbocycles. The van der Waals surface area contributed by atoms with Crippen LogP contribution >= 0.6 is 11.6 Å². The van der Waals surface area contributed by atoms with Crippen LogP contribution in [-0.2, 0) is 12.8 Å². The van der Waals surface area contributed by atoms with Gasteiger partial charge in [-0.3, -0.25) is 19.9 Å². The van der Waals surface area contributed by atoms with Gasteiger partial charge in [0.2, 0.25) is 0 Å². The Balaban J connectivity index is 1.81. The number of aromatic nitrogens is 1. The summed E-state index contributed by atoms with van der Waals surface area (Å²) in [6.07, 6.45) is 2.57. The second kappa shape index (κ2) is 6.38. The van der Waals surface area contributed by atoms with Gasteiger partial charge in [0.1, 0.15) is 0 Å². The minimum absolute atomic E-state index is 0.0735. The third kappa shape index (κ3) is 2.88. The van der Waals surface area contributed by atoms with Crippen LogP contribution in [0.15, 0.2) is 42.5 Å². The summed E-state index contributed by atoms with van der Waals surface area (Å²) in [5.41, 5.74) is 3.45. The maximum atomic E-state index is 13.0. The standard InChI is InChI=1S/C19H14ClN3O3/c20-11-7-8-17-15(9-11)18(14-5-2-6-16(14)22-17)19(24)21-12-3-1-4-13(10-12)23(25)26/h1,3-4,7-10H,2,5-6H2,(H,21,24). The van der Waals surface area contributed by atoms with E-state index in [9.17, 15) is 14.9 Å². The molecule has 1 aromatic heterocycles. The van der Waals surface area contributed by atoms with E-state index in [1.165, 1.54) is 12.1 Å². The molecule has 1 aliphatic rings. The lowest BCUT2D eigenvalue weighted by molar-refractivity contribution is -0.384. The molecule has 0 fully saturated rings. The summed E-state index contributed by atoms with van der Waals surface area (Å²) in [7, 11) is 0. The Hall–Kier alpha value is -2.99. The monoisotopic (exact) mass is 367 g/mol. The molecular weight excluding hydrogens is 354 g/mol. The van der Waals surface area contributed by atoms with Gasteiger partial charge in [0.25, 0.3) is 11.6 Å². The fourth-order valence-corrected chi connectivity index (χ4v) is 3.56. The number of nitrogens with zero attached hydrogens (tertiary/aromatic N) is 2. The lowest BCUT2D eigenvalue weighted by atomic mass is 10.0. The number of hydrogen-bond acceptors (Lipinski definition) is 4. The molecule has 0 atom stereocenters. The summed E-state index contributed by atoms with van der Waals surface area (Å²) in [5.74, 6) is -0.307. The largest absolute Gasteiger partial charge is 0.322 e. The maximum Gasteiger partial charge on any atom is 0.271 e. The molecule has 3 aromatic rings.